The van der Waals surface area contributed by atoms with Crippen molar-refractivity contribution in [1.82, 2.24) is 15.3 Å². The summed E-state index contributed by atoms with van der Waals surface area (Å²) in [5.74, 6) is 1.19. The van der Waals surface area contributed by atoms with Crippen LogP contribution in [0.2, 0.25) is 0 Å². The van der Waals surface area contributed by atoms with Crippen LogP contribution >= 0.6 is 0 Å². The van der Waals surface area contributed by atoms with Crippen molar-refractivity contribution in [3.63, 3.8) is 0 Å². The van der Waals surface area contributed by atoms with E-state index >= 15 is 0 Å². The van der Waals surface area contributed by atoms with Gasteiger partial charge in [-0.2, -0.15) is 0 Å². The lowest BCUT2D eigenvalue weighted by Crippen LogP contribution is -2.23. The van der Waals surface area contributed by atoms with Gasteiger partial charge in [-0.25, -0.2) is 4.98 Å². The molecule has 0 saturated carbocycles. The molecular formula is C12H17N3O2. The van der Waals surface area contributed by atoms with Crippen LogP contribution in [0.25, 0.3) is 0 Å². The van der Waals surface area contributed by atoms with Gasteiger partial charge in [-0.15, -0.1) is 0 Å². The molecule has 1 fully saturated rings. The normalized spacial score (nSPS) is 24.9. The molecule has 17 heavy (non-hydrogen) atoms. The number of nitrogens with one attached hydrogen (secondary N) is 2. The van der Waals surface area contributed by atoms with Gasteiger partial charge in [-0.1, -0.05) is 0 Å². The number of ether oxygens (including phenoxy) is 1. The van der Waals surface area contributed by atoms with E-state index in [0.717, 1.165) is 43.1 Å². The van der Waals surface area contributed by atoms with Crippen molar-refractivity contribution in [2.75, 3.05) is 13.2 Å². The highest BCUT2D eigenvalue weighted by atomic mass is 16.5. The second-order valence-corrected chi connectivity index (χ2v) is 4.80. The van der Waals surface area contributed by atoms with Gasteiger partial charge in [0.15, 0.2) is 0 Å². The molecule has 1 saturated heterocycles. The molecule has 5 nitrogen and oxygen atoms in total. The number of aromatic nitrogens is 2. The van der Waals surface area contributed by atoms with E-state index in [2.05, 4.69) is 15.3 Å². The summed E-state index contributed by atoms with van der Waals surface area (Å²) in [6.45, 7) is 4.23. The predicted octanol–water partition coefficient (Wildman–Crippen LogP) is 0.828. The fourth-order valence-electron chi connectivity index (χ4n) is 2.65. The molecule has 2 aliphatic heterocycles. The molecule has 0 radical (unpaired) electrons. The van der Waals surface area contributed by atoms with Crippen LogP contribution in [-0.4, -0.2) is 23.2 Å². The molecule has 1 aromatic rings. The number of rotatable bonds is 1. The third kappa shape index (κ3) is 1.89. The van der Waals surface area contributed by atoms with E-state index in [1.54, 1.807) is 0 Å². The van der Waals surface area contributed by atoms with Crippen LogP contribution in [0, 0.1) is 0 Å². The molecule has 3 heterocycles. The van der Waals surface area contributed by atoms with Crippen LogP contribution in [0.1, 0.15) is 48.8 Å². The molecular weight excluding hydrogens is 218 g/mol. The molecule has 1 aromatic heterocycles. The Bertz CT molecular complexity index is 477. The van der Waals surface area contributed by atoms with Crippen molar-refractivity contribution in [3.05, 3.63) is 27.4 Å². The van der Waals surface area contributed by atoms with Gasteiger partial charge in [-0.3, -0.25) is 4.79 Å². The topological polar surface area (TPSA) is 67.0 Å². The molecule has 92 valence electrons. The number of nitrogens with zero attached hydrogens (tertiary/aromatic N) is 1. The van der Waals surface area contributed by atoms with Crippen molar-refractivity contribution in [2.45, 2.75) is 38.3 Å². The van der Waals surface area contributed by atoms with E-state index in [0.29, 0.717) is 12.5 Å². The Hall–Kier alpha value is -1.20. The van der Waals surface area contributed by atoms with Gasteiger partial charge >= 0.3 is 0 Å². The molecule has 0 aromatic carbocycles. The van der Waals surface area contributed by atoms with Crippen LogP contribution < -0.4 is 10.9 Å². The van der Waals surface area contributed by atoms with Crippen LogP contribution in [0.4, 0.5) is 0 Å². The highest BCUT2D eigenvalue weighted by molar-refractivity contribution is 5.26. The third-order valence-electron chi connectivity index (χ3n) is 3.67. The summed E-state index contributed by atoms with van der Waals surface area (Å²) in [7, 11) is 0. The van der Waals surface area contributed by atoms with Crippen LogP contribution in [0.15, 0.2) is 4.79 Å². The molecule has 5 heteroatoms. The predicted molar refractivity (Wildman–Crippen MR) is 62.9 cm³/mol. The lowest BCUT2D eigenvalue weighted by Gasteiger charge is -2.21. The van der Waals surface area contributed by atoms with Gasteiger partial charge in [0, 0.05) is 31.7 Å². The Labute approximate surface area is 99.6 Å². The average molecular weight is 235 g/mol. The summed E-state index contributed by atoms with van der Waals surface area (Å²) in [6.07, 6.45) is 1.90. The first-order valence-corrected chi connectivity index (χ1v) is 6.20. The Morgan fingerprint density at radius 1 is 1.35 bits per heavy atom. The largest absolute Gasteiger partial charge is 0.381 e. The SMILES string of the molecule is CC1NCc2nc(C3CCOCC3)[nH]c(=O)c21. The van der Waals surface area contributed by atoms with Gasteiger partial charge in [0.1, 0.15) is 5.82 Å². The zero-order valence-electron chi connectivity index (χ0n) is 9.95. The average Bonchev–Trinajstić information content (AvgIpc) is 2.73. The summed E-state index contributed by atoms with van der Waals surface area (Å²) in [6, 6.07) is 0.116. The number of hydrogen-bond acceptors (Lipinski definition) is 4. The van der Waals surface area contributed by atoms with Crippen LogP contribution in [-0.2, 0) is 11.3 Å². The Balaban J connectivity index is 1.97. The van der Waals surface area contributed by atoms with E-state index < -0.39 is 0 Å². The molecule has 2 N–H and O–H groups in total. The summed E-state index contributed by atoms with van der Waals surface area (Å²) in [5.41, 5.74) is 1.75. The number of aromatic amines is 1. The second-order valence-electron chi connectivity index (χ2n) is 4.80. The summed E-state index contributed by atoms with van der Waals surface area (Å²) < 4.78 is 5.33. The maximum Gasteiger partial charge on any atom is 0.255 e. The first-order valence-electron chi connectivity index (χ1n) is 6.20. The van der Waals surface area contributed by atoms with Gasteiger partial charge < -0.3 is 15.0 Å². The fourth-order valence-corrected chi connectivity index (χ4v) is 2.65. The van der Waals surface area contributed by atoms with Crippen LogP contribution in [0.5, 0.6) is 0 Å². The first kappa shape index (κ1) is 10.9. The van der Waals surface area contributed by atoms with E-state index in [-0.39, 0.29) is 11.6 Å². The minimum atomic E-state index is 0.0222. The first-order chi connectivity index (χ1) is 8.25. The zero-order chi connectivity index (χ0) is 11.8. The Kier molecular flexibility index (Phi) is 2.72. The number of H-pyrrole nitrogens is 1. The fraction of sp³-hybridized carbons (Fsp3) is 0.667. The number of hydrogen-bond donors (Lipinski definition) is 2. The van der Waals surface area contributed by atoms with Crippen LogP contribution in [0.3, 0.4) is 0 Å². The second kappa shape index (κ2) is 4.23. The van der Waals surface area contributed by atoms with Crippen molar-refractivity contribution in [2.24, 2.45) is 0 Å². The standard InChI is InChI=1S/C12H17N3O2/c1-7-10-9(6-13-7)14-11(15-12(10)16)8-2-4-17-5-3-8/h7-8,13H,2-6H2,1H3,(H,14,15,16). The smallest absolute Gasteiger partial charge is 0.255 e. The molecule has 2 aliphatic rings. The van der Waals surface area contributed by atoms with Crippen molar-refractivity contribution < 1.29 is 4.74 Å². The quantitative estimate of drug-likeness (QED) is 0.756. The Morgan fingerprint density at radius 2 is 2.12 bits per heavy atom. The van der Waals surface area contributed by atoms with E-state index in [4.69, 9.17) is 4.74 Å². The number of fused-ring (bicyclic) bond motifs is 1. The highest BCUT2D eigenvalue weighted by Crippen LogP contribution is 2.26. The van der Waals surface area contributed by atoms with E-state index in [1.165, 1.54) is 0 Å². The van der Waals surface area contributed by atoms with Gasteiger partial charge in [0.2, 0.25) is 0 Å². The lowest BCUT2D eigenvalue weighted by atomic mass is 9.99. The molecule has 0 aliphatic carbocycles. The van der Waals surface area contributed by atoms with E-state index in [9.17, 15) is 4.79 Å². The maximum atomic E-state index is 12.0. The lowest BCUT2D eigenvalue weighted by molar-refractivity contribution is 0.0835. The molecule has 3 rings (SSSR count). The van der Waals surface area contributed by atoms with Gasteiger partial charge in [0.25, 0.3) is 5.56 Å². The summed E-state index contributed by atoms with van der Waals surface area (Å²) >= 11 is 0. The molecule has 0 bridgehead atoms. The highest BCUT2D eigenvalue weighted by Gasteiger charge is 2.26. The maximum absolute atomic E-state index is 12.0. The van der Waals surface area contributed by atoms with Crippen molar-refractivity contribution in [3.8, 4) is 0 Å². The Morgan fingerprint density at radius 3 is 2.88 bits per heavy atom. The summed E-state index contributed by atoms with van der Waals surface area (Å²) in [5, 5.41) is 3.25. The third-order valence-corrected chi connectivity index (χ3v) is 3.67. The van der Waals surface area contributed by atoms with Crippen molar-refractivity contribution >= 4 is 0 Å². The van der Waals surface area contributed by atoms with Crippen molar-refractivity contribution in [1.29, 1.82) is 0 Å². The van der Waals surface area contributed by atoms with Gasteiger partial charge in [-0.05, 0) is 19.8 Å². The van der Waals surface area contributed by atoms with E-state index in [1.807, 2.05) is 6.92 Å². The minimum Gasteiger partial charge on any atom is -0.381 e. The molecule has 1 unspecified atom stereocenters. The molecule has 1 atom stereocenters. The zero-order valence-corrected chi connectivity index (χ0v) is 9.95. The summed E-state index contributed by atoms with van der Waals surface area (Å²) in [4.78, 5) is 19.6. The minimum absolute atomic E-state index is 0.0222. The van der Waals surface area contributed by atoms with Gasteiger partial charge in [0.05, 0.1) is 11.3 Å². The molecule has 0 spiro atoms. The monoisotopic (exact) mass is 235 g/mol. The molecule has 0 amide bonds.